The van der Waals surface area contributed by atoms with Gasteiger partial charge in [-0.25, -0.2) is 8.78 Å². The van der Waals surface area contributed by atoms with Gasteiger partial charge in [0.2, 0.25) is 0 Å². The zero-order chi connectivity index (χ0) is 21.0. The van der Waals surface area contributed by atoms with Crippen LogP contribution in [0.5, 0.6) is 5.75 Å². The molecule has 3 aromatic rings. The molecular weight excluding hydrogens is 388 g/mol. The molecule has 8 nitrogen and oxygen atoms in total. The van der Waals surface area contributed by atoms with Gasteiger partial charge in [-0.3, -0.25) is 14.9 Å². The molecule has 0 bridgehead atoms. The summed E-state index contributed by atoms with van der Waals surface area (Å²) >= 11 is 0. The molecule has 0 aliphatic carbocycles. The fourth-order valence-corrected chi connectivity index (χ4v) is 2.35. The number of carbonyl (C=O) groups is 1. The number of ether oxygens (including phenoxy) is 1. The third kappa shape index (κ3) is 4.54. The molecule has 3 rings (SSSR count). The molecule has 0 saturated heterocycles. The number of rotatable bonds is 6. The Morgan fingerprint density at radius 2 is 2.00 bits per heavy atom. The first-order valence-corrected chi connectivity index (χ1v) is 8.04. The van der Waals surface area contributed by atoms with Crippen molar-refractivity contribution in [3.05, 3.63) is 87.4 Å². The van der Waals surface area contributed by atoms with Gasteiger partial charge in [0.15, 0.2) is 17.3 Å². The van der Waals surface area contributed by atoms with Crippen LogP contribution in [0.2, 0.25) is 0 Å². The molecule has 1 amide bonds. The van der Waals surface area contributed by atoms with Gasteiger partial charge < -0.3 is 14.5 Å². The molecule has 0 atom stereocenters. The van der Waals surface area contributed by atoms with Crippen LogP contribution >= 0.6 is 0 Å². The van der Waals surface area contributed by atoms with Crippen LogP contribution in [0.1, 0.15) is 21.9 Å². The van der Waals surface area contributed by atoms with E-state index in [0.717, 1.165) is 24.3 Å². The Bertz CT molecular complexity index is 1140. The predicted molar refractivity (Wildman–Crippen MR) is 95.2 cm³/mol. The molecule has 0 spiro atoms. The van der Waals surface area contributed by atoms with Gasteiger partial charge in [-0.05, 0) is 30.3 Å². The maximum absolute atomic E-state index is 13.6. The normalized spacial score (nSPS) is 10.2. The van der Waals surface area contributed by atoms with Crippen molar-refractivity contribution >= 4 is 17.3 Å². The quantitative estimate of drug-likeness (QED) is 0.491. The predicted octanol–water partition coefficient (Wildman–Crippen LogP) is 4.17. The topological polar surface area (TPSA) is 118 Å². The Hall–Kier alpha value is -4.26. The van der Waals surface area contributed by atoms with E-state index in [1.54, 1.807) is 6.07 Å². The Labute approximate surface area is 162 Å². The number of nitro benzene ring substituents is 1. The summed E-state index contributed by atoms with van der Waals surface area (Å²) in [6, 6.07) is 10.8. The van der Waals surface area contributed by atoms with E-state index in [4.69, 9.17) is 14.4 Å². The third-order valence-corrected chi connectivity index (χ3v) is 3.73. The third-order valence-electron chi connectivity index (χ3n) is 3.73. The number of nitrogens with zero attached hydrogens (tertiary/aromatic N) is 2. The first-order chi connectivity index (χ1) is 13.9. The molecule has 10 heteroatoms. The second-order valence-corrected chi connectivity index (χ2v) is 5.68. The Morgan fingerprint density at radius 3 is 2.69 bits per heavy atom. The van der Waals surface area contributed by atoms with Crippen molar-refractivity contribution in [1.29, 1.82) is 5.26 Å². The molecule has 0 radical (unpaired) electrons. The monoisotopic (exact) mass is 399 g/mol. The number of nitro groups is 1. The smallest absolute Gasteiger partial charge is 0.291 e. The standard InChI is InChI=1S/C19H11F2N3O5/c20-12-1-5-17(15(21)8-12)28-10-14-3-6-18(29-14)19(25)23-16-4-2-13(24(26)27)7-11(16)9-22/h1-8H,10H2,(H,23,25). The Kier molecular flexibility index (Phi) is 5.50. The SMILES string of the molecule is N#Cc1cc([N+](=O)[O-])ccc1NC(=O)c1ccc(COc2ccc(F)cc2F)o1. The molecular formula is C19H11F2N3O5. The van der Waals surface area contributed by atoms with Crippen molar-refractivity contribution in [1.82, 2.24) is 0 Å². The lowest BCUT2D eigenvalue weighted by Crippen LogP contribution is -2.12. The minimum atomic E-state index is -0.878. The lowest BCUT2D eigenvalue weighted by atomic mass is 10.1. The van der Waals surface area contributed by atoms with Crippen molar-refractivity contribution in [2.45, 2.75) is 6.61 Å². The number of halogens is 2. The molecule has 0 saturated carbocycles. The van der Waals surface area contributed by atoms with E-state index in [0.29, 0.717) is 6.07 Å². The second kappa shape index (κ2) is 8.18. The van der Waals surface area contributed by atoms with E-state index >= 15 is 0 Å². The number of amides is 1. The van der Waals surface area contributed by atoms with E-state index in [9.17, 15) is 23.7 Å². The number of nitriles is 1. The first-order valence-electron chi connectivity index (χ1n) is 8.04. The van der Waals surface area contributed by atoms with E-state index in [-0.39, 0.29) is 40.8 Å². The van der Waals surface area contributed by atoms with E-state index < -0.39 is 22.5 Å². The summed E-state index contributed by atoms with van der Waals surface area (Å²) in [6.45, 7) is -0.211. The van der Waals surface area contributed by atoms with E-state index in [2.05, 4.69) is 5.32 Å². The molecule has 0 unspecified atom stereocenters. The summed E-state index contributed by atoms with van der Waals surface area (Å²) in [7, 11) is 0. The van der Waals surface area contributed by atoms with Crippen LogP contribution in [0.3, 0.4) is 0 Å². The average Bonchev–Trinajstić information content (AvgIpc) is 3.16. The van der Waals surface area contributed by atoms with Gasteiger partial charge in [-0.1, -0.05) is 0 Å². The highest BCUT2D eigenvalue weighted by atomic mass is 19.1. The number of hydrogen-bond donors (Lipinski definition) is 1. The largest absolute Gasteiger partial charge is 0.483 e. The molecule has 1 aromatic heterocycles. The molecule has 0 aliphatic heterocycles. The zero-order valence-corrected chi connectivity index (χ0v) is 14.5. The lowest BCUT2D eigenvalue weighted by Gasteiger charge is -2.06. The molecule has 146 valence electrons. The van der Waals surface area contributed by atoms with Gasteiger partial charge >= 0.3 is 0 Å². The number of anilines is 1. The summed E-state index contributed by atoms with van der Waals surface area (Å²) < 4.78 is 36.9. The molecule has 1 N–H and O–H groups in total. The first kappa shape index (κ1) is 19.5. The lowest BCUT2D eigenvalue weighted by molar-refractivity contribution is -0.384. The zero-order valence-electron chi connectivity index (χ0n) is 14.5. The van der Waals surface area contributed by atoms with Crippen LogP contribution in [0.4, 0.5) is 20.2 Å². The molecule has 29 heavy (non-hydrogen) atoms. The van der Waals surface area contributed by atoms with Crippen molar-refractivity contribution < 1.29 is 27.7 Å². The fraction of sp³-hybridized carbons (Fsp3) is 0.0526. The number of hydrogen-bond acceptors (Lipinski definition) is 6. The number of nitrogens with one attached hydrogen (secondary N) is 1. The highest BCUT2D eigenvalue weighted by Gasteiger charge is 2.16. The van der Waals surface area contributed by atoms with Gasteiger partial charge in [0.25, 0.3) is 11.6 Å². The van der Waals surface area contributed by atoms with Crippen molar-refractivity contribution in [3.8, 4) is 11.8 Å². The van der Waals surface area contributed by atoms with Crippen LogP contribution < -0.4 is 10.1 Å². The van der Waals surface area contributed by atoms with Crippen molar-refractivity contribution in [2.24, 2.45) is 0 Å². The highest BCUT2D eigenvalue weighted by molar-refractivity contribution is 6.03. The van der Waals surface area contributed by atoms with E-state index in [1.807, 2.05) is 0 Å². The number of non-ortho nitro benzene ring substituents is 1. The molecule has 0 fully saturated rings. The van der Waals surface area contributed by atoms with Crippen LogP contribution in [0.15, 0.2) is 52.9 Å². The van der Waals surface area contributed by atoms with Crippen LogP contribution in [-0.4, -0.2) is 10.8 Å². The number of furan rings is 1. The van der Waals surface area contributed by atoms with Crippen molar-refractivity contribution in [2.75, 3.05) is 5.32 Å². The second-order valence-electron chi connectivity index (χ2n) is 5.68. The number of benzene rings is 2. The fourth-order valence-electron chi connectivity index (χ4n) is 2.35. The van der Waals surface area contributed by atoms with Gasteiger partial charge in [0.05, 0.1) is 16.2 Å². The Morgan fingerprint density at radius 1 is 1.21 bits per heavy atom. The molecule has 2 aromatic carbocycles. The van der Waals surface area contributed by atoms with Gasteiger partial charge in [0, 0.05) is 18.2 Å². The summed E-state index contributed by atoms with van der Waals surface area (Å²) in [5.41, 5.74) is -0.301. The van der Waals surface area contributed by atoms with E-state index in [1.165, 1.54) is 18.2 Å². The maximum Gasteiger partial charge on any atom is 0.291 e. The van der Waals surface area contributed by atoms with Gasteiger partial charge in [-0.15, -0.1) is 0 Å². The number of carbonyl (C=O) groups excluding carboxylic acids is 1. The maximum atomic E-state index is 13.6. The molecule has 1 heterocycles. The highest BCUT2D eigenvalue weighted by Crippen LogP contribution is 2.23. The Balaban J connectivity index is 1.68. The van der Waals surface area contributed by atoms with Crippen LogP contribution in [0, 0.1) is 33.1 Å². The minimum Gasteiger partial charge on any atom is -0.483 e. The summed E-state index contributed by atoms with van der Waals surface area (Å²) in [4.78, 5) is 22.4. The average molecular weight is 399 g/mol. The van der Waals surface area contributed by atoms with Gasteiger partial charge in [-0.2, -0.15) is 5.26 Å². The summed E-state index contributed by atoms with van der Waals surface area (Å²) in [5.74, 6) is -2.42. The van der Waals surface area contributed by atoms with Gasteiger partial charge in [0.1, 0.15) is 24.3 Å². The van der Waals surface area contributed by atoms with Crippen molar-refractivity contribution in [3.63, 3.8) is 0 Å². The summed E-state index contributed by atoms with van der Waals surface area (Å²) in [5, 5.41) is 22.3. The minimum absolute atomic E-state index is 0.0747. The van der Waals surface area contributed by atoms with Crippen LogP contribution in [0.25, 0.3) is 0 Å². The summed E-state index contributed by atoms with van der Waals surface area (Å²) in [6.07, 6.45) is 0. The molecule has 0 aliphatic rings. The van der Waals surface area contributed by atoms with Crippen LogP contribution in [-0.2, 0) is 6.61 Å².